The SMILES string of the molecule is CCOC(=O)c1cnn(-c2cc([N+](=O)[O-])ccc2C)c1N. The summed E-state index contributed by atoms with van der Waals surface area (Å²) in [4.78, 5) is 22.1. The summed E-state index contributed by atoms with van der Waals surface area (Å²) in [5, 5.41) is 14.9. The predicted octanol–water partition coefficient (Wildman–Crippen LogP) is 1.85. The Labute approximate surface area is 120 Å². The van der Waals surface area contributed by atoms with Crippen LogP contribution in [-0.4, -0.2) is 27.3 Å². The van der Waals surface area contributed by atoms with Gasteiger partial charge in [0.2, 0.25) is 0 Å². The average Bonchev–Trinajstić information content (AvgIpc) is 2.81. The van der Waals surface area contributed by atoms with Gasteiger partial charge in [0.25, 0.3) is 5.69 Å². The number of hydrogen-bond acceptors (Lipinski definition) is 6. The summed E-state index contributed by atoms with van der Waals surface area (Å²) in [7, 11) is 0. The fourth-order valence-corrected chi connectivity index (χ4v) is 1.86. The van der Waals surface area contributed by atoms with E-state index in [1.165, 1.54) is 23.0 Å². The van der Waals surface area contributed by atoms with Crippen molar-refractivity contribution < 1.29 is 14.5 Å². The van der Waals surface area contributed by atoms with E-state index >= 15 is 0 Å². The Morgan fingerprint density at radius 1 is 1.52 bits per heavy atom. The minimum absolute atomic E-state index is 0.0804. The topological polar surface area (TPSA) is 113 Å². The van der Waals surface area contributed by atoms with Gasteiger partial charge in [-0.2, -0.15) is 5.10 Å². The van der Waals surface area contributed by atoms with E-state index in [1.807, 2.05) is 0 Å². The molecule has 0 spiro atoms. The molecule has 1 aromatic carbocycles. The molecule has 1 aromatic heterocycles. The molecule has 0 aliphatic rings. The number of hydrogen-bond donors (Lipinski definition) is 1. The van der Waals surface area contributed by atoms with Crippen LogP contribution in [0.5, 0.6) is 0 Å². The molecule has 2 N–H and O–H groups in total. The molecule has 0 saturated carbocycles. The molecule has 21 heavy (non-hydrogen) atoms. The molecule has 2 rings (SSSR count). The van der Waals surface area contributed by atoms with Crippen molar-refractivity contribution >= 4 is 17.5 Å². The van der Waals surface area contributed by atoms with Crippen molar-refractivity contribution in [3.05, 3.63) is 45.6 Å². The van der Waals surface area contributed by atoms with Gasteiger partial charge in [0.15, 0.2) is 0 Å². The van der Waals surface area contributed by atoms with E-state index in [0.717, 1.165) is 5.56 Å². The molecule has 0 amide bonds. The van der Waals surface area contributed by atoms with E-state index in [9.17, 15) is 14.9 Å². The number of benzene rings is 1. The molecule has 0 unspecified atom stereocenters. The lowest BCUT2D eigenvalue weighted by Crippen LogP contribution is -2.09. The van der Waals surface area contributed by atoms with Crippen molar-refractivity contribution in [3.8, 4) is 5.69 Å². The van der Waals surface area contributed by atoms with Crippen molar-refractivity contribution in [3.63, 3.8) is 0 Å². The van der Waals surface area contributed by atoms with Crippen LogP contribution in [0, 0.1) is 17.0 Å². The van der Waals surface area contributed by atoms with Gasteiger partial charge in [-0.3, -0.25) is 10.1 Å². The zero-order valence-corrected chi connectivity index (χ0v) is 11.6. The standard InChI is InChI=1S/C13H14N4O4/c1-3-21-13(18)10-7-15-16(12(10)14)11-6-9(17(19)20)5-4-8(11)2/h4-7H,3,14H2,1-2H3. The van der Waals surface area contributed by atoms with E-state index in [0.29, 0.717) is 5.69 Å². The number of anilines is 1. The molecule has 1 heterocycles. The number of ether oxygens (including phenoxy) is 1. The lowest BCUT2D eigenvalue weighted by Gasteiger charge is -2.08. The van der Waals surface area contributed by atoms with Crippen molar-refractivity contribution in [2.24, 2.45) is 0 Å². The van der Waals surface area contributed by atoms with Crippen LogP contribution in [0.4, 0.5) is 11.5 Å². The van der Waals surface area contributed by atoms with Crippen LogP contribution in [0.3, 0.4) is 0 Å². The van der Waals surface area contributed by atoms with Crippen LogP contribution in [0.2, 0.25) is 0 Å². The fourth-order valence-electron chi connectivity index (χ4n) is 1.86. The number of nitro benzene ring substituents is 1. The maximum atomic E-state index is 11.7. The first-order valence-electron chi connectivity index (χ1n) is 6.21. The number of rotatable bonds is 4. The van der Waals surface area contributed by atoms with E-state index < -0.39 is 10.9 Å². The second-order valence-corrected chi connectivity index (χ2v) is 4.30. The van der Waals surface area contributed by atoms with Gasteiger partial charge in [0.05, 0.1) is 23.4 Å². The van der Waals surface area contributed by atoms with Crippen LogP contribution < -0.4 is 5.73 Å². The highest BCUT2D eigenvalue weighted by molar-refractivity contribution is 5.94. The Hall–Kier alpha value is -2.90. The Morgan fingerprint density at radius 2 is 2.24 bits per heavy atom. The maximum absolute atomic E-state index is 11.7. The van der Waals surface area contributed by atoms with Gasteiger partial charge < -0.3 is 10.5 Å². The number of non-ortho nitro benzene ring substituents is 1. The number of aryl methyl sites for hydroxylation is 1. The van der Waals surface area contributed by atoms with Gasteiger partial charge in [-0.1, -0.05) is 6.07 Å². The number of nitrogens with zero attached hydrogens (tertiary/aromatic N) is 3. The fraction of sp³-hybridized carbons (Fsp3) is 0.231. The molecule has 8 heteroatoms. The van der Waals surface area contributed by atoms with E-state index in [-0.39, 0.29) is 23.7 Å². The Kier molecular flexibility index (Phi) is 3.88. The predicted molar refractivity (Wildman–Crippen MR) is 75.3 cm³/mol. The molecule has 110 valence electrons. The summed E-state index contributed by atoms with van der Waals surface area (Å²) in [6.45, 7) is 3.67. The monoisotopic (exact) mass is 290 g/mol. The first kappa shape index (κ1) is 14.5. The van der Waals surface area contributed by atoms with Crippen LogP contribution in [0.15, 0.2) is 24.4 Å². The lowest BCUT2D eigenvalue weighted by atomic mass is 10.2. The molecule has 0 radical (unpaired) electrons. The summed E-state index contributed by atoms with van der Waals surface area (Å²) in [6.07, 6.45) is 1.28. The maximum Gasteiger partial charge on any atom is 0.343 e. The molecule has 0 aliphatic carbocycles. The molecular weight excluding hydrogens is 276 g/mol. The third kappa shape index (κ3) is 2.69. The molecule has 0 saturated heterocycles. The minimum Gasteiger partial charge on any atom is -0.462 e. The molecule has 0 aliphatic heterocycles. The summed E-state index contributed by atoms with van der Waals surface area (Å²) in [5.41, 5.74) is 7.12. The van der Waals surface area contributed by atoms with Crippen molar-refractivity contribution in [1.82, 2.24) is 9.78 Å². The number of carbonyl (C=O) groups excluding carboxylic acids is 1. The number of nitrogen functional groups attached to an aromatic ring is 1. The first-order valence-corrected chi connectivity index (χ1v) is 6.21. The van der Waals surface area contributed by atoms with E-state index in [4.69, 9.17) is 10.5 Å². The largest absolute Gasteiger partial charge is 0.462 e. The van der Waals surface area contributed by atoms with Crippen LogP contribution in [0.1, 0.15) is 22.8 Å². The molecule has 0 bridgehead atoms. The Morgan fingerprint density at radius 3 is 2.86 bits per heavy atom. The van der Waals surface area contributed by atoms with Gasteiger partial charge in [0, 0.05) is 12.1 Å². The van der Waals surface area contributed by atoms with Crippen molar-refractivity contribution in [2.75, 3.05) is 12.3 Å². The molecule has 2 aromatic rings. The average molecular weight is 290 g/mol. The second kappa shape index (κ2) is 5.61. The van der Waals surface area contributed by atoms with Gasteiger partial charge in [-0.25, -0.2) is 9.48 Å². The number of nitro groups is 1. The normalized spacial score (nSPS) is 10.4. The zero-order valence-electron chi connectivity index (χ0n) is 11.6. The number of nitrogens with two attached hydrogens (primary N) is 1. The summed E-state index contributed by atoms with van der Waals surface area (Å²) in [5.74, 6) is -0.499. The van der Waals surface area contributed by atoms with Crippen LogP contribution >= 0.6 is 0 Å². The summed E-state index contributed by atoms with van der Waals surface area (Å²) >= 11 is 0. The highest BCUT2D eigenvalue weighted by Crippen LogP contribution is 2.24. The van der Waals surface area contributed by atoms with E-state index in [1.54, 1.807) is 19.9 Å². The number of carbonyl (C=O) groups is 1. The van der Waals surface area contributed by atoms with Crippen molar-refractivity contribution in [2.45, 2.75) is 13.8 Å². The number of aromatic nitrogens is 2. The molecule has 8 nitrogen and oxygen atoms in total. The van der Waals surface area contributed by atoms with Gasteiger partial charge >= 0.3 is 5.97 Å². The third-order valence-corrected chi connectivity index (χ3v) is 2.93. The first-order chi connectivity index (χ1) is 9.95. The summed E-state index contributed by atoms with van der Waals surface area (Å²) in [6, 6.07) is 4.34. The van der Waals surface area contributed by atoms with Gasteiger partial charge in [-0.15, -0.1) is 0 Å². The molecular formula is C13H14N4O4. The van der Waals surface area contributed by atoms with E-state index in [2.05, 4.69) is 5.10 Å². The Balaban J connectivity index is 2.50. The lowest BCUT2D eigenvalue weighted by molar-refractivity contribution is -0.384. The number of esters is 1. The van der Waals surface area contributed by atoms with Gasteiger partial charge in [-0.05, 0) is 19.4 Å². The van der Waals surface area contributed by atoms with Crippen LogP contribution in [0.25, 0.3) is 5.69 Å². The van der Waals surface area contributed by atoms with Gasteiger partial charge in [0.1, 0.15) is 11.4 Å². The highest BCUT2D eigenvalue weighted by Gasteiger charge is 2.19. The third-order valence-electron chi connectivity index (χ3n) is 2.93. The van der Waals surface area contributed by atoms with Crippen LogP contribution in [-0.2, 0) is 4.74 Å². The minimum atomic E-state index is -0.579. The smallest absolute Gasteiger partial charge is 0.343 e. The van der Waals surface area contributed by atoms with Crippen molar-refractivity contribution in [1.29, 1.82) is 0 Å². The quantitative estimate of drug-likeness (QED) is 0.522. The molecule has 0 atom stereocenters. The summed E-state index contributed by atoms with van der Waals surface area (Å²) < 4.78 is 6.16. The zero-order chi connectivity index (χ0) is 15.6. The highest BCUT2D eigenvalue weighted by atomic mass is 16.6. The second-order valence-electron chi connectivity index (χ2n) is 4.30. The Bertz CT molecular complexity index is 708. The molecule has 0 fully saturated rings.